The smallest absolute Gasteiger partial charge is 0.252 e. The van der Waals surface area contributed by atoms with E-state index in [0.717, 1.165) is 6.08 Å². The lowest BCUT2D eigenvalue weighted by molar-refractivity contribution is -0.430. The van der Waals surface area contributed by atoms with E-state index < -0.39 is 23.7 Å². The zero-order valence-corrected chi connectivity index (χ0v) is 5.72. The highest BCUT2D eigenvalue weighted by Crippen LogP contribution is 2.31. The van der Waals surface area contributed by atoms with Gasteiger partial charge in [0.05, 0.1) is 4.92 Å². The fourth-order valence-corrected chi connectivity index (χ4v) is 0.948. The van der Waals surface area contributed by atoms with Crippen molar-refractivity contribution < 1.29 is 13.7 Å². The molecule has 0 bridgehead atoms. The average molecular weight is 163 g/mol. The third kappa shape index (κ3) is 1.96. The quantitative estimate of drug-likeness (QED) is 0.438. The molecule has 0 aromatic heterocycles. The van der Waals surface area contributed by atoms with E-state index in [2.05, 4.69) is 0 Å². The molecule has 5 heteroatoms. The van der Waals surface area contributed by atoms with Crippen molar-refractivity contribution >= 4 is 0 Å². The number of nitro groups is 1. The van der Waals surface area contributed by atoms with Crippen LogP contribution in [-0.2, 0) is 0 Å². The van der Waals surface area contributed by atoms with E-state index >= 15 is 0 Å². The number of hydrogen-bond acceptors (Lipinski definition) is 2. The van der Waals surface area contributed by atoms with Crippen LogP contribution >= 0.6 is 0 Å². The summed E-state index contributed by atoms with van der Waals surface area (Å²) in [4.78, 5) is 9.46. The molecule has 0 amide bonds. The van der Waals surface area contributed by atoms with Crippen molar-refractivity contribution in [1.29, 1.82) is 0 Å². The van der Waals surface area contributed by atoms with Gasteiger partial charge in [0.15, 0.2) is 0 Å². The molecule has 0 unspecified atom stereocenters. The van der Waals surface area contributed by atoms with Gasteiger partial charge < -0.3 is 0 Å². The maximum absolute atomic E-state index is 12.4. The van der Waals surface area contributed by atoms with E-state index in [1.807, 2.05) is 0 Å². The highest BCUT2D eigenvalue weighted by Gasteiger charge is 2.34. The predicted octanol–water partition coefficient (Wildman–Crippen LogP) is 1.97. The van der Waals surface area contributed by atoms with Crippen LogP contribution in [0, 0.1) is 10.1 Å². The monoisotopic (exact) mass is 163 g/mol. The second-order valence-electron chi connectivity index (χ2n) is 2.51. The van der Waals surface area contributed by atoms with Gasteiger partial charge in [-0.3, -0.25) is 10.1 Å². The van der Waals surface area contributed by atoms with Crippen LogP contribution in [0.5, 0.6) is 0 Å². The number of alkyl halides is 2. The van der Waals surface area contributed by atoms with E-state index in [0.29, 0.717) is 0 Å². The molecule has 0 heterocycles. The van der Waals surface area contributed by atoms with Gasteiger partial charge in [0.1, 0.15) is 0 Å². The molecule has 1 aliphatic rings. The minimum Gasteiger partial charge on any atom is -0.259 e. The molecule has 0 spiro atoms. The van der Waals surface area contributed by atoms with E-state index in [-0.39, 0.29) is 12.1 Å². The maximum Gasteiger partial charge on any atom is 0.252 e. The number of halogens is 2. The summed E-state index contributed by atoms with van der Waals surface area (Å²) in [6, 6.07) is 0. The van der Waals surface area contributed by atoms with E-state index in [9.17, 15) is 18.9 Å². The Morgan fingerprint density at radius 1 is 1.64 bits per heavy atom. The van der Waals surface area contributed by atoms with Crippen molar-refractivity contribution in [3.8, 4) is 0 Å². The molecule has 0 aromatic rings. The second kappa shape index (κ2) is 2.56. The molecule has 0 atom stereocenters. The summed E-state index contributed by atoms with van der Waals surface area (Å²) in [5.41, 5.74) is -0.0871. The highest BCUT2D eigenvalue weighted by molar-refractivity contribution is 5.00. The number of rotatable bonds is 1. The van der Waals surface area contributed by atoms with Crippen LogP contribution < -0.4 is 0 Å². The zero-order chi connectivity index (χ0) is 8.48. The molecular weight excluding hydrogens is 156 g/mol. The summed E-state index contributed by atoms with van der Waals surface area (Å²) in [5, 5.41) is 10.1. The fourth-order valence-electron chi connectivity index (χ4n) is 0.948. The number of nitrogens with zero attached hydrogens (tertiary/aromatic N) is 1. The molecule has 3 nitrogen and oxygen atoms in total. The van der Waals surface area contributed by atoms with Crippen molar-refractivity contribution in [2.45, 2.75) is 25.2 Å². The van der Waals surface area contributed by atoms with E-state index in [1.165, 1.54) is 0 Å². The first-order valence-electron chi connectivity index (χ1n) is 3.22. The Kier molecular flexibility index (Phi) is 1.89. The third-order valence-corrected chi connectivity index (χ3v) is 1.62. The first kappa shape index (κ1) is 8.10. The average Bonchev–Trinajstić information content (AvgIpc) is 1.86. The van der Waals surface area contributed by atoms with E-state index in [4.69, 9.17) is 0 Å². The molecule has 62 valence electrons. The second-order valence-corrected chi connectivity index (χ2v) is 2.51. The Hall–Kier alpha value is -1.00. The number of hydrogen-bond donors (Lipinski definition) is 0. The molecule has 11 heavy (non-hydrogen) atoms. The van der Waals surface area contributed by atoms with Crippen LogP contribution in [0.15, 0.2) is 11.8 Å². The van der Waals surface area contributed by atoms with Gasteiger partial charge in [0.25, 0.3) is 5.92 Å². The Morgan fingerprint density at radius 3 is 2.64 bits per heavy atom. The molecule has 0 N–H and O–H groups in total. The van der Waals surface area contributed by atoms with Gasteiger partial charge in [-0.15, -0.1) is 0 Å². The van der Waals surface area contributed by atoms with Crippen LogP contribution in [0.25, 0.3) is 0 Å². The van der Waals surface area contributed by atoms with Gasteiger partial charge in [0.2, 0.25) is 5.70 Å². The van der Waals surface area contributed by atoms with Crippen LogP contribution in [-0.4, -0.2) is 10.8 Å². The van der Waals surface area contributed by atoms with Gasteiger partial charge in [-0.1, -0.05) is 0 Å². The Labute approximate surface area is 61.9 Å². The topological polar surface area (TPSA) is 43.1 Å². The van der Waals surface area contributed by atoms with Crippen molar-refractivity contribution in [3.63, 3.8) is 0 Å². The Bertz CT molecular complexity index is 213. The molecule has 0 saturated carbocycles. The van der Waals surface area contributed by atoms with Crippen molar-refractivity contribution in [3.05, 3.63) is 21.9 Å². The summed E-state index contributed by atoms with van der Waals surface area (Å²) in [6.07, 6.45) is -0.0212. The van der Waals surface area contributed by atoms with Crippen molar-refractivity contribution in [2.24, 2.45) is 0 Å². The summed E-state index contributed by atoms with van der Waals surface area (Å²) in [6.45, 7) is 0. The zero-order valence-electron chi connectivity index (χ0n) is 5.72. The molecule has 0 aromatic carbocycles. The lowest BCUT2D eigenvalue weighted by atomic mass is 10.0. The molecule has 0 fully saturated rings. The third-order valence-electron chi connectivity index (χ3n) is 1.62. The van der Waals surface area contributed by atoms with Crippen LogP contribution in [0.4, 0.5) is 8.78 Å². The van der Waals surface area contributed by atoms with Gasteiger partial charge in [0, 0.05) is 19.3 Å². The molecule has 1 rings (SSSR count). The predicted molar refractivity (Wildman–Crippen MR) is 33.9 cm³/mol. The summed E-state index contributed by atoms with van der Waals surface area (Å²) in [7, 11) is 0. The van der Waals surface area contributed by atoms with Crippen LogP contribution in [0.1, 0.15) is 19.3 Å². The minimum absolute atomic E-state index is 0.0871. The molecule has 0 radical (unpaired) electrons. The van der Waals surface area contributed by atoms with Gasteiger partial charge in [-0.2, -0.15) is 0 Å². The maximum atomic E-state index is 12.4. The van der Waals surface area contributed by atoms with Crippen molar-refractivity contribution in [1.82, 2.24) is 0 Å². The molecule has 1 aliphatic carbocycles. The van der Waals surface area contributed by atoms with Crippen LogP contribution in [0.2, 0.25) is 0 Å². The molecule has 0 saturated heterocycles. The standard InChI is InChI=1S/C6H7F2NO2/c7-6(8)3-1-5(2-4-6)9(10)11/h1H,2-4H2. The Balaban J connectivity index is 2.65. The first-order chi connectivity index (χ1) is 5.01. The highest BCUT2D eigenvalue weighted by atomic mass is 19.3. The summed E-state index contributed by atoms with van der Waals surface area (Å²) >= 11 is 0. The first-order valence-corrected chi connectivity index (χ1v) is 3.22. The minimum atomic E-state index is -2.74. The lowest BCUT2D eigenvalue weighted by Gasteiger charge is -2.16. The van der Waals surface area contributed by atoms with Crippen LogP contribution in [0.3, 0.4) is 0 Å². The molecular formula is C6H7F2NO2. The number of allylic oxidation sites excluding steroid dienone is 2. The summed E-state index contributed by atoms with van der Waals surface area (Å²) < 4.78 is 24.7. The summed E-state index contributed by atoms with van der Waals surface area (Å²) in [5.74, 6) is -2.74. The Morgan fingerprint density at radius 2 is 2.27 bits per heavy atom. The normalized spacial score (nSPS) is 22.5. The van der Waals surface area contributed by atoms with E-state index in [1.54, 1.807) is 0 Å². The van der Waals surface area contributed by atoms with Gasteiger partial charge in [-0.25, -0.2) is 8.78 Å². The SMILES string of the molecule is O=[N+]([O-])C1=CCC(F)(F)CC1. The fraction of sp³-hybridized carbons (Fsp3) is 0.667. The lowest BCUT2D eigenvalue weighted by Crippen LogP contribution is -2.20. The van der Waals surface area contributed by atoms with Gasteiger partial charge in [-0.05, 0) is 6.08 Å². The molecule has 0 aliphatic heterocycles. The largest absolute Gasteiger partial charge is 0.259 e. The van der Waals surface area contributed by atoms with Crippen molar-refractivity contribution in [2.75, 3.05) is 0 Å². The van der Waals surface area contributed by atoms with Gasteiger partial charge >= 0.3 is 0 Å².